The van der Waals surface area contributed by atoms with Gasteiger partial charge in [0.15, 0.2) is 11.5 Å². The second-order valence-electron chi connectivity index (χ2n) is 4.66. The Kier molecular flexibility index (Phi) is 5.58. The molecule has 1 rings (SSSR count). The molecular weight excluding hydrogens is 259 g/mol. The van der Waals surface area contributed by atoms with Crippen LogP contribution in [0.4, 0.5) is 4.39 Å². The lowest BCUT2D eigenvalue weighted by Crippen LogP contribution is -2.12. The number of hydrogen-bond acceptors (Lipinski definition) is 4. The normalized spacial score (nSPS) is 12.4. The fourth-order valence-corrected chi connectivity index (χ4v) is 1.66. The van der Waals surface area contributed by atoms with Crippen molar-refractivity contribution in [3.05, 3.63) is 47.7 Å². The quantitative estimate of drug-likeness (QED) is 0.591. The maximum absolute atomic E-state index is 13.1. The average Bonchev–Trinajstić information content (AvgIpc) is 2.78. The van der Waals surface area contributed by atoms with Gasteiger partial charge >= 0.3 is 0 Å². The van der Waals surface area contributed by atoms with Crippen LogP contribution in [0.5, 0.6) is 0 Å². The summed E-state index contributed by atoms with van der Waals surface area (Å²) in [6.07, 6.45) is 4.07. The van der Waals surface area contributed by atoms with E-state index in [0.29, 0.717) is 29.1 Å². The van der Waals surface area contributed by atoms with Crippen LogP contribution in [-0.4, -0.2) is 29.9 Å². The number of ketones is 1. The summed E-state index contributed by atoms with van der Waals surface area (Å²) in [6, 6.07) is 0. The molecule has 0 unspecified atom stereocenters. The van der Waals surface area contributed by atoms with E-state index in [0.717, 1.165) is 0 Å². The first-order chi connectivity index (χ1) is 9.36. The van der Waals surface area contributed by atoms with E-state index < -0.39 is 0 Å². The Labute approximate surface area is 118 Å². The topological polar surface area (TPSA) is 46.3 Å². The molecule has 20 heavy (non-hydrogen) atoms. The van der Waals surface area contributed by atoms with Crippen LogP contribution < -0.4 is 0 Å². The molecule has 0 aliphatic rings. The molecule has 0 bridgehead atoms. The molecular formula is C15H19FN2O2. The Hall–Kier alpha value is -2.01. The van der Waals surface area contributed by atoms with E-state index in [-0.39, 0.29) is 11.6 Å². The lowest BCUT2D eigenvalue weighted by molar-refractivity contribution is 0.101. The van der Waals surface area contributed by atoms with E-state index >= 15 is 0 Å². The standard InChI is InChI=1S/C15H19FN2O2/c1-6-12(16)8-7-10(2)15-14(11(3)19)13(20-17-15)9-18(4)5/h6-8H,2,9H2,1,3-5H3/b8-7-,12-6+. The Morgan fingerprint density at radius 2 is 2.10 bits per heavy atom. The first-order valence-corrected chi connectivity index (χ1v) is 6.20. The minimum Gasteiger partial charge on any atom is -0.359 e. The van der Waals surface area contributed by atoms with Gasteiger partial charge in [-0.05, 0) is 39.6 Å². The van der Waals surface area contributed by atoms with Gasteiger partial charge in [0.1, 0.15) is 11.5 Å². The summed E-state index contributed by atoms with van der Waals surface area (Å²) in [4.78, 5) is 13.6. The number of halogens is 1. The minimum absolute atomic E-state index is 0.154. The van der Waals surface area contributed by atoms with Crippen molar-refractivity contribution in [2.75, 3.05) is 14.1 Å². The number of carbonyl (C=O) groups is 1. The number of Topliss-reactive ketones (excluding diaryl/α,β-unsaturated/α-hetero) is 1. The molecule has 1 heterocycles. The smallest absolute Gasteiger partial charge is 0.165 e. The van der Waals surface area contributed by atoms with Gasteiger partial charge in [-0.25, -0.2) is 4.39 Å². The van der Waals surface area contributed by atoms with Crippen LogP contribution in [0.25, 0.3) is 5.57 Å². The molecule has 108 valence electrons. The van der Waals surface area contributed by atoms with Gasteiger partial charge in [-0.2, -0.15) is 0 Å². The maximum Gasteiger partial charge on any atom is 0.165 e. The van der Waals surface area contributed by atoms with Crippen molar-refractivity contribution in [2.45, 2.75) is 20.4 Å². The van der Waals surface area contributed by atoms with Crippen molar-refractivity contribution >= 4 is 11.4 Å². The van der Waals surface area contributed by atoms with E-state index in [1.165, 1.54) is 25.2 Å². The zero-order valence-corrected chi connectivity index (χ0v) is 12.2. The molecule has 0 saturated carbocycles. The number of aromatic nitrogens is 1. The Bertz CT molecular complexity index is 568. The van der Waals surface area contributed by atoms with Crippen molar-refractivity contribution < 1.29 is 13.7 Å². The van der Waals surface area contributed by atoms with Crippen LogP contribution in [0.1, 0.15) is 35.7 Å². The molecule has 0 saturated heterocycles. The average molecular weight is 278 g/mol. The van der Waals surface area contributed by atoms with E-state index in [1.54, 1.807) is 6.92 Å². The van der Waals surface area contributed by atoms with Gasteiger partial charge in [-0.3, -0.25) is 4.79 Å². The number of rotatable bonds is 6. The van der Waals surface area contributed by atoms with Gasteiger partial charge in [0.05, 0.1) is 12.1 Å². The molecule has 0 aliphatic heterocycles. The largest absolute Gasteiger partial charge is 0.359 e. The zero-order chi connectivity index (χ0) is 15.3. The van der Waals surface area contributed by atoms with Crippen LogP contribution in [-0.2, 0) is 6.54 Å². The van der Waals surface area contributed by atoms with Crippen molar-refractivity contribution in [3.8, 4) is 0 Å². The van der Waals surface area contributed by atoms with Crippen LogP contribution in [0.15, 0.2) is 35.2 Å². The molecule has 0 radical (unpaired) electrons. The predicted octanol–water partition coefficient (Wildman–Crippen LogP) is 3.38. The Morgan fingerprint density at radius 3 is 2.60 bits per heavy atom. The van der Waals surface area contributed by atoms with E-state index in [9.17, 15) is 9.18 Å². The minimum atomic E-state index is -0.382. The highest BCUT2D eigenvalue weighted by atomic mass is 19.1. The van der Waals surface area contributed by atoms with E-state index in [1.807, 2.05) is 19.0 Å². The SMILES string of the molecule is C=C(/C=C\C(F)=C/C)c1noc(CN(C)C)c1C(C)=O. The third-order valence-electron chi connectivity index (χ3n) is 2.60. The molecule has 0 aliphatic carbocycles. The van der Waals surface area contributed by atoms with Crippen molar-refractivity contribution in [1.29, 1.82) is 0 Å². The summed E-state index contributed by atoms with van der Waals surface area (Å²) in [5.74, 6) is -0.0507. The van der Waals surface area contributed by atoms with Gasteiger partial charge in [0, 0.05) is 0 Å². The summed E-state index contributed by atoms with van der Waals surface area (Å²) in [7, 11) is 3.73. The van der Waals surface area contributed by atoms with Gasteiger partial charge in [0.2, 0.25) is 0 Å². The molecule has 0 spiro atoms. The molecule has 0 fully saturated rings. The second kappa shape index (κ2) is 6.96. The van der Waals surface area contributed by atoms with Gasteiger partial charge < -0.3 is 9.42 Å². The van der Waals surface area contributed by atoms with Crippen molar-refractivity contribution in [2.24, 2.45) is 0 Å². The Morgan fingerprint density at radius 1 is 1.45 bits per heavy atom. The third-order valence-corrected chi connectivity index (χ3v) is 2.60. The number of nitrogens with zero attached hydrogens (tertiary/aromatic N) is 2. The van der Waals surface area contributed by atoms with E-state index in [2.05, 4.69) is 11.7 Å². The number of hydrogen-bond donors (Lipinski definition) is 0. The lowest BCUT2D eigenvalue weighted by atomic mass is 10.0. The molecule has 0 amide bonds. The first kappa shape index (κ1) is 16.0. The maximum atomic E-state index is 13.1. The highest BCUT2D eigenvalue weighted by Gasteiger charge is 2.21. The van der Waals surface area contributed by atoms with Gasteiger partial charge in [0.25, 0.3) is 0 Å². The summed E-state index contributed by atoms with van der Waals surface area (Å²) in [5.41, 5.74) is 1.18. The highest BCUT2D eigenvalue weighted by molar-refractivity contribution is 6.00. The van der Waals surface area contributed by atoms with Crippen molar-refractivity contribution in [3.63, 3.8) is 0 Å². The first-order valence-electron chi connectivity index (χ1n) is 6.20. The fraction of sp³-hybridized carbons (Fsp3) is 0.333. The van der Waals surface area contributed by atoms with Crippen LogP contribution >= 0.6 is 0 Å². The zero-order valence-electron chi connectivity index (χ0n) is 12.2. The summed E-state index contributed by atoms with van der Waals surface area (Å²) < 4.78 is 18.3. The van der Waals surface area contributed by atoms with Crippen LogP contribution in [0.3, 0.4) is 0 Å². The third kappa shape index (κ3) is 3.99. The second-order valence-corrected chi connectivity index (χ2v) is 4.66. The molecule has 0 N–H and O–H groups in total. The summed E-state index contributed by atoms with van der Waals surface area (Å²) in [5, 5.41) is 3.88. The van der Waals surface area contributed by atoms with Crippen molar-refractivity contribution in [1.82, 2.24) is 10.1 Å². The van der Waals surface area contributed by atoms with Crippen LogP contribution in [0.2, 0.25) is 0 Å². The molecule has 1 aromatic heterocycles. The number of carbonyl (C=O) groups excluding carboxylic acids is 1. The van der Waals surface area contributed by atoms with Gasteiger partial charge in [-0.15, -0.1) is 0 Å². The lowest BCUT2D eigenvalue weighted by Gasteiger charge is -2.07. The monoisotopic (exact) mass is 278 g/mol. The summed E-state index contributed by atoms with van der Waals surface area (Å²) >= 11 is 0. The molecule has 1 aromatic rings. The fourth-order valence-electron chi connectivity index (χ4n) is 1.66. The summed E-state index contributed by atoms with van der Waals surface area (Å²) in [6.45, 7) is 7.29. The molecule has 0 atom stereocenters. The molecule has 4 nitrogen and oxygen atoms in total. The number of allylic oxidation sites excluding steroid dienone is 5. The highest BCUT2D eigenvalue weighted by Crippen LogP contribution is 2.23. The van der Waals surface area contributed by atoms with Gasteiger partial charge in [-0.1, -0.05) is 23.9 Å². The van der Waals surface area contributed by atoms with Crippen LogP contribution in [0, 0.1) is 0 Å². The Balaban J connectivity index is 3.12. The molecule has 0 aromatic carbocycles. The predicted molar refractivity (Wildman–Crippen MR) is 76.9 cm³/mol. The molecule has 5 heteroatoms. The van der Waals surface area contributed by atoms with E-state index in [4.69, 9.17) is 4.52 Å².